The van der Waals surface area contributed by atoms with Crippen molar-refractivity contribution >= 4 is 34.9 Å². The molecular formula is C47H54N4O8S2. The number of oxime groups is 1. The number of nitrogens with zero attached hydrogens (tertiary/aromatic N) is 4. The fourth-order valence-corrected chi connectivity index (χ4v) is 10.8. The highest BCUT2D eigenvalue weighted by molar-refractivity contribution is 8.00. The van der Waals surface area contributed by atoms with Crippen LogP contribution in [0.2, 0.25) is 0 Å². The van der Waals surface area contributed by atoms with Gasteiger partial charge < -0.3 is 29.3 Å². The first-order valence-corrected chi connectivity index (χ1v) is 23.3. The number of aromatic nitrogens is 2. The monoisotopic (exact) mass is 866 g/mol. The van der Waals surface area contributed by atoms with E-state index in [1.807, 2.05) is 42.7 Å². The van der Waals surface area contributed by atoms with E-state index in [0.717, 1.165) is 75.9 Å². The van der Waals surface area contributed by atoms with Gasteiger partial charge in [0.05, 0.1) is 34.1 Å². The van der Waals surface area contributed by atoms with Crippen molar-refractivity contribution in [1.82, 2.24) is 9.97 Å². The lowest BCUT2D eigenvalue weighted by atomic mass is 9.56. The van der Waals surface area contributed by atoms with E-state index in [2.05, 4.69) is 28.7 Å². The summed E-state index contributed by atoms with van der Waals surface area (Å²) in [5.74, 6) is 1.62. The van der Waals surface area contributed by atoms with Crippen molar-refractivity contribution in [2.24, 2.45) is 22.9 Å². The Bertz CT molecular complexity index is 2140. The summed E-state index contributed by atoms with van der Waals surface area (Å²) in [4.78, 5) is 27.0. The molecule has 14 heteroatoms. The summed E-state index contributed by atoms with van der Waals surface area (Å²) in [5, 5.41) is 35.8. The van der Waals surface area contributed by atoms with Crippen LogP contribution in [0, 0.1) is 27.9 Å². The Morgan fingerprint density at radius 1 is 1.02 bits per heavy atom. The Labute approximate surface area is 366 Å². The van der Waals surface area contributed by atoms with Crippen LogP contribution in [0.3, 0.4) is 0 Å². The zero-order valence-electron chi connectivity index (χ0n) is 34.5. The molecule has 2 heterocycles. The van der Waals surface area contributed by atoms with Gasteiger partial charge in [0.25, 0.3) is 5.69 Å². The first kappa shape index (κ1) is 44.3. The third-order valence-electron chi connectivity index (χ3n) is 11.8. The van der Waals surface area contributed by atoms with Gasteiger partial charge in [-0.25, -0.2) is 0 Å². The number of nitro groups is 1. The van der Waals surface area contributed by atoms with Gasteiger partial charge in [0.15, 0.2) is 0 Å². The van der Waals surface area contributed by atoms with E-state index in [1.165, 1.54) is 12.1 Å². The molecule has 4 aromatic rings. The minimum Gasteiger partial charge on any atom is -0.460 e. The average molecular weight is 867 g/mol. The molecule has 1 aromatic heterocycles. The number of aryl methyl sites for hydroxylation is 1. The first-order valence-electron chi connectivity index (χ1n) is 21.0. The fourth-order valence-electron chi connectivity index (χ4n) is 8.98. The van der Waals surface area contributed by atoms with Crippen LogP contribution >= 0.6 is 23.5 Å². The van der Waals surface area contributed by atoms with E-state index >= 15 is 0 Å². The van der Waals surface area contributed by atoms with Crippen LogP contribution in [0.5, 0.6) is 17.2 Å². The predicted octanol–water partition coefficient (Wildman–Crippen LogP) is 9.71. The smallest absolute Gasteiger partial charge is 0.269 e. The second kappa shape index (κ2) is 21.4. The van der Waals surface area contributed by atoms with Gasteiger partial charge in [-0.1, -0.05) is 30.1 Å². The molecule has 2 N–H and O–H groups in total. The fraction of sp³-hybridized carbons (Fsp3) is 0.426. The summed E-state index contributed by atoms with van der Waals surface area (Å²) < 4.78 is 20.9. The van der Waals surface area contributed by atoms with Crippen molar-refractivity contribution in [2.75, 3.05) is 31.8 Å². The molecular weight excluding hydrogens is 813 g/mol. The van der Waals surface area contributed by atoms with Crippen molar-refractivity contribution in [3.05, 3.63) is 137 Å². The van der Waals surface area contributed by atoms with Crippen LogP contribution in [0.15, 0.2) is 120 Å². The molecule has 322 valence electrons. The maximum atomic E-state index is 11.3. The Balaban J connectivity index is 1.35. The maximum Gasteiger partial charge on any atom is 0.269 e. The minimum absolute atomic E-state index is 0.0124. The number of hydrogen-bond acceptors (Lipinski definition) is 13. The van der Waals surface area contributed by atoms with E-state index in [-0.39, 0.29) is 61.0 Å². The molecule has 1 saturated carbocycles. The molecule has 0 amide bonds. The molecule has 7 rings (SSSR count). The summed E-state index contributed by atoms with van der Waals surface area (Å²) >= 11 is 3.44. The minimum atomic E-state index is -1.12. The number of non-ortho nitro benzene ring substituents is 1. The third kappa shape index (κ3) is 10.5. The van der Waals surface area contributed by atoms with Crippen LogP contribution < -0.4 is 9.47 Å². The number of unbranched alkanes of at least 4 members (excludes halogenated alkanes) is 2. The molecule has 0 spiro atoms. The standard InChI is InChI=1S/C47H54N4O8S2/c1-3-25-56-47-44(61-26-20-34-30-48-21-22-49-34)29-42(50-57-31-32-10-12-35(13-11-32)51(54)55)40-27-33(8-4-6-23-52)39(9-5-7-24-53)45(46(40)47)41-28-37(16-19-43(41)59-47)58-36-14-17-38(60-2)18-15-36/h3,10-19,21-22,27-28,30,33,39,44-46,52-53H,1,4-9,20,23-26,29,31H2,2H3. The summed E-state index contributed by atoms with van der Waals surface area (Å²) in [6.07, 6.45) is 17.3. The van der Waals surface area contributed by atoms with Crippen LogP contribution in [-0.4, -0.2) is 73.7 Å². The Morgan fingerprint density at radius 3 is 2.49 bits per heavy atom. The van der Waals surface area contributed by atoms with Gasteiger partial charge in [0.1, 0.15) is 23.9 Å². The lowest BCUT2D eigenvalue weighted by molar-refractivity contribution is -0.384. The number of hydrogen-bond donors (Lipinski definition) is 2. The van der Waals surface area contributed by atoms with E-state index in [4.69, 9.17) is 24.2 Å². The van der Waals surface area contributed by atoms with Crippen LogP contribution in [0.4, 0.5) is 5.69 Å². The molecule has 6 unspecified atom stereocenters. The zero-order chi connectivity index (χ0) is 42.6. The number of aliphatic hydroxyl groups is 2. The summed E-state index contributed by atoms with van der Waals surface area (Å²) in [6, 6.07) is 20.5. The molecule has 1 aliphatic heterocycles. The summed E-state index contributed by atoms with van der Waals surface area (Å²) in [5.41, 5.74) is 4.52. The van der Waals surface area contributed by atoms with Gasteiger partial charge >= 0.3 is 0 Å². The number of ether oxygens (including phenoxy) is 3. The quantitative estimate of drug-likeness (QED) is 0.0254. The number of thioether (sulfide) groups is 2. The molecule has 61 heavy (non-hydrogen) atoms. The summed E-state index contributed by atoms with van der Waals surface area (Å²) in [7, 11) is 0. The van der Waals surface area contributed by atoms with Gasteiger partial charge in [0, 0.05) is 73.2 Å². The molecule has 0 radical (unpaired) electrons. The maximum absolute atomic E-state index is 11.3. The average Bonchev–Trinajstić information content (AvgIpc) is 3.28. The third-order valence-corrected chi connectivity index (χ3v) is 13.8. The molecule has 12 nitrogen and oxygen atoms in total. The van der Waals surface area contributed by atoms with Gasteiger partial charge in [-0.2, -0.15) is 11.8 Å². The largest absolute Gasteiger partial charge is 0.460 e. The van der Waals surface area contributed by atoms with Gasteiger partial charge in [-0.15, -0.1) is 18.3 Å². The van der Waals surface area contributed by atoms with Gasteiger partial charge in [0.2, 0.25) is 5.79 Å². The molecule has 3 aromatic carbocycles. The number of rotatable bonds is 22. The van der Waals surface area contributed by atoms with Crippen LogP contribution in [0.25, 0.3) is 0 Å². The Morgan fingerprint density at radius 2 is 1.79 bits per heavy atom. The van der Waals surface area contributed by atoms with E-state index in [0.29, 0.717) is 31.4 Å². The number of nitro benzene ring substituents is 1. The van der Waals surface area contributed by atoms with E-state index in [9.17, 15) is 20.3 Å². The van der Waals surface area contributed by atoms with Crippen molar-refractivity contribution in [1.29, 1.82) is 0 Å². The number of fused-ring (bicyclic) bond motifs is 2. The SMILES string of the molecule is C=CCOC12Oc3ccc(Oc4ccc(SC)cc4)cc3C3C(CCCCO)C(CCCCO)C=C(C(=NOCc4ccc([N+](=O)[O-])cc4)CC1SCCc1cnccn1)C32. The normalized spacial score (nSPS) is 23.3. The van der Waals surface area contributed by atoms with Gasteiger partial charge in [-0.05, 0) is 115 Å². The molecule has 0 saturated heterocycles. The molecule has 0 bridgehead atoms. The second-order valence-electron chi connectivity index (χ2n) is 15.5. The lowest BCUT2D eigenvalue weighted by Gasteiger charge is -2.58. The Kier molecular flexibility index (Phi) is 15.5. The second-order valence-corrected chi connectivity index (χ2v) is 17.7. The first-order chi connectivity index (χ1) is 29.9. The molecule has 2 aliphatic carbocycles. The highest BCUT2D eigenvalue weighted by Gasteiger charge is 2.64. The van der Waals surface area contributed by atoms with Crippen molar-refractivity contribution in [2.45, 2.75) is 79.8 Å². The number of aliphatic hydroxyl groups excluding tert-OH is 2. The van der Waals surface area contributed by atoms with Crippen molar-refractivity contribution < 1.29 is 34.2 Å². The van der Waals surface area contributed by atoms with Crippen LogP contribution in [-0.2, 0) is 22.6 Å². The van der Waals surface area contributed by atoms with E-state index < -0.39 is 10.7 Å². The molecule has 6 atom stereocenters. The zero-order valence-corrected chi connectivity index (χ0v) is 36.1. The highest BCUT2D eigenvalue weighted by Crippen LogP contribution is 2.62. The van der Waals surface area contributed by atoms with Gasteiger partial charge in [-0.3, -0.25) is 20.1 Å². The topological polar surface area (TPSA) is 159 Å². The van der Waals surface area contributed by atoms with Crippen molar-refractivity contribution in [3.63, 3.8) is 0 Å². The highest BCUT2D eigenvalue weighted by atomic mass is 32.2. The Hall–Kier alpha value is -4.73. The van der Waals surface area contributed by atoms with Crippen molar-refractivity contribution in [3.8, 4) is 17.2 Å². The number of benzene rings is 3. The van der Waals surface area contributed by atoms with E-state index in [1.54, 1.807) is 60.3 Å². The molecule has 1 fully saturated rings. The lowest BCUT2D eigenvalue weighted by Crippen LogP contribution is -2.64. The number of allylic oxidation sites excluding steroid dienone is 1. The molecule has 3 aliphatic rings. The predicted molar refractivity (Wildman–Crippen MR) is 239 cm³/mol. The van der Waals surface area contributed by atoms with Crippen LogP contribution in [0.1, 0.15) is 67.7 Å². The summed E-state index contributed by atoms with van der Waals surface area (Å²) in [6.45, 7) is 4.67.